The summed E-state index contributed by atoms with van der Waals surface area (Å²) in [6.07, 6.45) is 3.31. The molecule has 1 unspecified atom stereocenters. The summed E-state index contributed by atoms with van der Waals surface area (Å²) in [6, 6.07) is 9.78. The minimum Gasteiger partial charge on any atom is -0.305 e. The van der Waals surface area contributed by atoms with Crippen molar-refractivity contribution in [1.29, 1.82) is 0 Å². The molecule has 2 aromatic rings. The van der Waals surface area contributed by atoms with Crippen LogP contribution in [0.25, 0.3) is 0 Å². The van der Waals surface area contributed by atoms with E-state index in [1.54, 1.807) is 12.5 Å². The minimum atomic E-state index is 0.0571. The molecule has 17 heavy (non-hydrogen) atoms. The Morgan fingerprint density at radius 2 is 2.24 bits per heavy atom. The molecule has 4 heteroatoms. The first-order valence-corrected chi connectivity index (χ1v) is 5.94. The Morgan fingerprint density at radius 3 is 2.88 bits per heavy atom. The summed E-state index contributed by atoms with van der Waals surface area (Å²) in [6.45, 7) is 2.93. The zero-order valence-electron chi connectivity index (χ0n) is 9.60. The lowest BCUT2D eigenvalue weighted by Gasteiger charge is -2.17. The molecule has 1 aromatic heterocycles. The van der Waals surface area contributed by atoms with E-state index >= 15 is 0 Å². The molecule has 3 nitrogen and oxygen atoms in total. The highest BCUT2D eigenvalue weighted by Crippen LogP contribution is 2.22. The smallest absolute Gasteiger partial charge is 0.115 e. The van der Waals surface area contributed by atoms with E-state index in [1.807, 2.05) is 30.3 Å². The minimum absolute atomic E-state index is 0.0571. The van der Waals surface area contributed by atoms with Crippen molar-refractivity contribution in [3.63, 3.8) is 0 Å². The second kappa shape index (κ2) is 5.75. The van der Waals surface area contributed by atoms with Gasteiger partial charge in [-0.05, 0) is 30.3 Å². The predicted molar refractivity (Wildman–Crippen MR) is 69.0 cm³/mol. The molecule has 1 aromatic carbocycles. The van der Waals surface area contributed by atoms with Crippen molar-refractivity contribution in [2.24, 2.45) is 0 Å². The SMILES string of the molecule is CCNC(c1cccc(Cl)c1)c1ccncn1. The van der Waals surface area contributed by atoms with E-state index < -0.39 is 0 Å². The topological polar surface area (TPSA) is 37.8 Å². The maximum Gasteiger partial charge on any atom is 0.115 e. The van der Waals surface area contributed by atoms with Crippen LogP contribution < -0.4 is 5.32 Å². The van der Waals surface area contributed by atoms with Crippen molar-refractivity contribution in [1.82, 2.24) is 15.3 Å². The summed E-state index contributed by atoms with van der Waals surface area (Å²) in [5.74, 6) is 0. The Kier molecular flexibility index (Phi) is 4.07. The Balaban J connectivity index is 2.35. The van der Waals surface area contributed by atoms with Gasteiger partial charge in [-0.15, -0.1) is 0 Å². The Hall–Kier alpha value is -1.45. The van der Waals surface area contributed by atoms with E-state index in [4.69, 9.17) is 11.6 Å². The number of rotatable bonds is 4. The lowest BCUT2D eigenvalue weighted by atomic mass is 10.0. The summed E-state index contributed by atoms with van der Waals surface area (Å²) in [7, 11) is 0. The zero-order chi connectivity index (χ0) is 12.1. The molecule has 0 saturated carbocycles. The van der Waals surface area contributed by atoms with Crippen molar-refractivity contribution < 1.29 is 0 Å². The van der Waals surface area contributed by atoms with Gasteiger partial charge in [-0.2, -0.15) is 0 Å². The molecule has 88 valence electrons. The molecule has 0 spiro atoms. The van der Waals surface area contributed by atoms with Crippen molar-refractivity contribution in [3.05, 3.63) is 59.1 Å². The molecule has 0 aliphatic rings. The van der Waals surface area contributed by atoms with Crippen LogP contribution in [0.5, 0.6) is 0 Å². The summed E-state index contributed by atoms with van der Waals surface area (Å²) < 4.78 is 0. The molecule has 0 amide bonds. The predicted octanol–water partition coefficient (Wildman–Crippen LogP) is 2.83. The fraction of sp³-hybridized carbons (Fsp3) is 0.231. The first-order valence-electron chi connectivity index (χ1n) is 5.56. The number of aromatic nitrogens is 2. The van der Waals surface area contributed by atoms with Crippen LogP contribution in [0.2, 0.25) is 5.02 Å². The summed E-state index contributed by atoms with van der Waals surface area (Å²) >= 11 is 6.02. The quantitative estimate of drug-likeness (QED) is 0.903. The third-order valence-electron chi connectivity index (χ3n) is 2.49. The average molecular weight is 248 g/mol. The zero-order valence-corrected chi connectivity index (χ0v) is 10.4. The Bertz CT molecular complexity index is 473. The van der Waals surface area contributed by atoms with E-state index in [0.29, 0.717) is 0 Å². The third kappa shape index (κ3) is 3.02. The number of nitrogens with one attached hydrogen (secondary N) is 1. The lowest BCUT2D eigenvalue weighted by molar-refractivity contribution is 0.614. The van der Waals surface area contributed by atoms with E-state index in [0.717, 1.165) is 22.8 Å². The first-order chi connectivity index (χ1) is 8.31. The highest BCUT2D eigenvalue weighted by Gasteiger charge is 2.13. The highest BCUT2D eigenvalue weighted by atomic mass is 35.5. The van der Waals surface area contributed by atoms with Crippen LogP contribution in [0.4, 0.5) is 0 Å². The maximum absolute atomic E-state index is 6.02. The normalized spacial score (nSPS) is 12.4. The van der Waals surface area contributed by atoms with Crippen molar-refractivity contribution >= 4 is 11.6 Å². The molecule has 0 aliphatic carbocycles. The van der Waals surface area contributed by atoms with Crippen molar-refractivity contribution in [2.45, 2.75) is 13.0 Å². The van der Waals surface area contributed by atoms with E-state index in [1.165, 1.54) is 0 Å². The van der Waals surface area contributed by atoms with Gasteiger partial charge in [-0.1, -0.05) is 30.7 Å². The van der Waals surface area contributed by atoms with Gasteiger partial charge in [0.1, 0.15) is 6.33 Å². The highest BCUT2D eigenvalue weighted by molar-refractivity contribution is 6.30. The van der Waals surface area contributed by atoms with Crippen LogP contribution in [0.1, 0.15) is 24.2 Å². The molecule has 0 aliphatic heterocycles. The molecular formula is C13H14ClN3. The molecule has 1 atom stereocenters. The average Bonchev–Trinajstić information content (AvgIpc) is 2.37. The van der Waals surface area contributed by atoms with E-state index in [9.17, 15) is 0 Å². The standard InChI is InChI=1S/C13H14ClN3/c1-2-16-13(12-6-7-15-9-17-12)10-4-3-5-11(14)8-10/h3-9,13,16H,2H2,1H3. The van der Waals surface area contributed by atoms with Gasteiger partial charge in [0.15, 0.2) is 0 Å². The van der Waals surface area contributed by atoms with Crippen molar-refractivity contribution in [3.8, 4) is 0 Å². The van der Waals surface area contributed by atoms with Crippen molar-refractivity contribution in [2.75, 3.05) is 6.54 Å². The van der Waals surface area contributed by atoms with Gasteiger partial charge in [-0.3, -0.25) is 0 Å². The van der Waals surface area contributed by atoms with Crippen LogP contribution in [0.15, 0.2) is 42.9 Å². The molecule has 1 N–H and O–H groups in total. The summed E-state index contributed by atoms with van der Waals surface area (Å²) in [5, 5.41) is 4.13. The van der Waals surface area contributed by atoms with Crippen LogP contribution in [0, 0.1) is 0 Å². The van der Waals surface area contributed by atoms with Gasteiger partial charge >= 0.3 is 0 Å². The molecule has 0 saturated heterocycles. The van der Waals surface area contributed by atoms with Gasteiger partial charge in [0, 0.05) is 11.2 Å². The Morgan fingerprint density at radius 1 is 1.35 bits per heavy atom. The number of hydrogen-bond donors (Lipinski definition) is 1. The van der Waals surface area contributed by atoms with Gasteiger partial charge in [-0.25, -0.2) is 9.97 Å². The third-order valence-corrected chi connectivity index (χ3v) is 2.73. The largest absolute Gasteiger partial charge is 0.305 e. The lowest BCUT2D eigenvalue weighted by Crippen LogP contribution is -2.22. The molecule has 0 radical (unpaired) electrons. The van der Waals surface area contributed by atoms with Gasteiger partial charge in [0.05, 0.1) is 11.7 Å². The van der Waals surface area contributed by atoms with Gasteiger partial charge in [0.25, 0.3) is 0 Å². The molecular weight excluding hydrogens is 234 g/mol. The molecule has 1 heterocycles. The van der Waals surface area contributed by atoms with E-state index in [-0.39, 0.29) is 6.04 Å². The van der Waals surface area contributed by atoms with Crippen LogP contribution in [0.3, 0.4) is 0 Å². The number of hydrogen-bond acceptors (Lipinski definition) is 3. The van der Waals surface area contributed by atoms with Crippen LogP contribution >= 0.6 is 11.6 Å². The number of nitrogens with zero attached hydrogens (tertiary/aromatic N) is 2. The monoisotopic (exact) mass is 247 g/mol. The molecule has 2 rings (SSSR count). The first kappa shape index (κ1) is 12.0. The summed E-state index contributed by atoms with van der Waals surface area (Å²) in [4.78, 5) is 8.22. The second-order valence-electron chi connectivity index (χ2n) is 3.68. The fourth-order valence-corrected chi connectivity index (χ4v) is 1.95. The summed E-state index contributed by atoms with van der Waals surface area (Å²) in [5.41, 5.74) is 2.06. The maximum atomic E-state index is 6.02. The van der Waals surface area contributed by atoms with E-state index in [2.05, 4.69) is 22.2 Å². The number of benzene rings is 1. The Labute approximate surface area is 106 Å². The van der Waals surface area contributed by atoms with Crippen LogP contribution in [-0.4, -0.2) is 16.5 Å². The molecule has 0 bridgehead atoms. The fourth-order valence-electron chi connectivity index (χ4n) is 1.76. The number of halogens is 1. The van der Waals surface area contributed by atoms with Gasteiger partial charge in [0.2, 0.25) is 0 Å². The molecule has 0 fully saturated rings. The van der Waals surface area contributed by atoms with Gasteiger partial charge < -0.3 is 5.32 Å². The van der Waals surface area contributed by atoms with Crippen LogP contribution in [-0.2, 0) is 0 Å². The second-order valence-corrected chi connectivity index (χ2v) is 4.12.